The Kier molecular flexibility index (Phi) is 3.55. The molecule has 1 aliphatic rings. The molecular formula is C14H19N3O2. The lowest BCUT2D eigenvalue weighted by Gasteiger charge is -2.29. The van der Waals surface area contributed by atoms with Crippen LogP contribution < -0.4 is 10.6 Å². The Hall–Kier alpha value is -1.91. The molecule has 0 bridgehead atoms. The van der Waals surface area contributed by atoms with E-state index in [0.29, 0.717) is 12.2 Å². The number of rotatable bonds is 2. The van der Waals surface area contributed by atoms with Crippen LogP contribution in [0.15, 0.2) is 24.5 Å². The van der Waals surface area contributed by atoms with Crippen LogP contribution in [0.3, 0.4) is 0 Å². The van der Waals surface area contributed by atoms with Crippen LogP contribution >= 0.6 is 0 Å². The van der Waals surface area contributed by atoms with Crippen molar-refractivity contribution in [3.8, 4) is 0 Å². The lowest BCUT2D eigenvalue weighted by atomic mass is 9.74. The third-order valence-corrected chi connectivity index (χ3v) is 3.50. The van der Waals surface area contributed by atoms with Gasteiger partial charge in [-0.2, -0.15) is 0 Å². The van der Waals surface area contributed by atoms with Crippen LogP contribution in [0.1, 0.15) is 20.8 Å². The van der Waals surface area contributed by atoms with E-state index in [2.05, 4.69) is 15.6 Å². The van der Waals surface area contributed by atoms with Crippen LogP contribution in [-0.2, 0) is 9.59 Å². The van der Waals surface area contributed by atoms with E-state index in [1.165, 1.54) is 0 Å². The van der Waals surface area contributed by atoms with Gasteiger partial charge in [0.15, 0.2) is 0 Å². The average molecular weight is 261 g/mol. The summed E-state index contributed by atoms with van der Waals surface area (Å²) < 4.78 is 0. The Balaban J connectivity index is 2.15. The lowest BCUT2D eigenvalue weighted by Crippen LogP contribution is -2.37. The highest BCUT2D eigenvalue weighted by molar-refractivity contribution is 6.07. The average Bonchev–Trinajstić information content (AvgIpc) is 2.72. The first-order valence-electron chi connectivity index (χ1n) is 6.38. The van der Waals surface area contributed by atoms with Gasteiger partial charge < -0.3 is 10.6 Å². The van der Waals surface area contributed by atoms with Gasteiger partial charge >= 0.3 is 0 Å². The summed E-state index contributed by atoms with van der Waals surface area (Å²) in [6, 6.07) is 3.50. The maximum Gasteiger partial charge on any atom is 0.237 e. The van der Waals surface area contributed by atoms with Gasteiger partial charge in [-0.15, -0.1) is 0 Å². The van der Waals surface area contributed by atoms with Crippen molar-refractivity contribution in [1.29, 1.82) is 0 Å². The Morgan fingerprint density at radius 2 is 2.21 bits per heavy atom. The van der Waals surface area contributed by atoms with E-state index >= 15 is 0 Å². The smallest absolute Gasteiger partial charge is 0.237 e. The van der Waals surface area contributed by atoms with Crippen LogP contribution in [0, 0.1) is 17.3 Å². The van der Waals surface area contributed by atoms with Crippen LogP contribution in [0.25, 0.3) is 0 Å². The topological polar surface area (TPSA) is 71.1 Å². The van der Waals surface area contributed by atoms with Crippen molar-refractivity contribution in [3.63, 3.8) is 0 Å². The normalized spacial score (nSPS) is 23.0. The number of carbonyl (C=O) groups excluding carboxylic acids is 2. The minimum absolute atomic E-state index is 0.00308. The van der Waals surface area contributed by atoms with E-state index in [1.807, 2.05) is 20.8 Å². The highest BCUT2D eigenvalue weighted by Crippen LogP contribution is 2.35. The second-order valence-electron chi connectivity index (χ2n) is 5.93. The number of nitrogens with zero attached hydrogens (tertiary/aromatic N) is 1. The number of hydrogen-bond acceptors (Lipinski definition) is 3. The monoisotopic (exact) mass is 261 g/mol. The van der Waals surface area contributed by atoms with Crippen molar-refractivity contribution in [1.82, 2.24) is 10.3 Å². The van der Waals surface area contributed by atoms with Crippen LogP contribution in [0.4, 0.5) is 5.69 Å². The molecule has 2 rings (SSSR count). The number of aromatic nitrogens is 1. The molecule has 0 aromatic carbocycles. The molecule has 5 heteroatoms. The standard InChI is InChI=1S/C14H19N3O2/c1-14(2,3)10-8-16-12(18)11(10)13(19)17-9-5-4-6-15-7-9/h4-7,10-11H,8H2,1-3H3,(H,16,18)(H,17,19)/t10-,11-/m1/s1. The maximum absolute atomic E-state index is 12.3. The molecule has 2 amide bonds. The zero-order chi connectivity index (χ0) is 14.0. The zero-order valence-corrected chi connectivity index (χ0v) is 11.4. The van der Waals surface area contributed by atoms with E-state index in [9.17, 15) is 9.59 Å². The summed E-state index contributed by atoms with van der Waals surface area (Å²) >= 11 is 0. The van der Waals surface area contributed by atoms with E-state index in [1.54, 1.807) is 24.5 Å². The van der Waals surface area contributed by atoms with Crippen molar-refractivity contribution < 1.29 is 9.59 Å². The van der Waals surface area contributed by atoms with Gasteiger partial charge in [-0.1, -0.05) is 20.8 Å². The van der Waals surface area contributed by atoms with E-state index in [4.69, 9.17) is 0 Å². The summed E-state index contributed by atoms with van der Waals surface area (Å²) in [4.78, 5) is 28.1. The predicted octanol–water partition coefficient (Wildman–Crippen LogP) is 1.43. The van der Waals surface area contributed by atoms with Crippen molar-refractivity contribution in [2.45, 2.75) is 20.8 Å². The third-order valence-electron chi connectivity index (χ3n) is 3.50. The fourth-order valence-corrected chi connectivity index (χ4v) is 2.39. The van der Waals surface area contributed by atoms with Gasteiger partial charge in [0, 0.05) is 18.7 Å². The van der Waals surface area contributed by atoms with Crippen LogP contribution in [0.2, 0.25) is 0 Å². The molecule has 1 aromatic rings. The molecule has 0 aliphatic carbocycles. The minimum Gasteiger partial charge on any atom is -0.355 e. The quantitative estimate of drug-likeness (QED) is 0.791. The molecule has 5 nitrogen and oxygen atoms in total. The predicted molar refractivity (Wildman–Crippen MR) is 72.3 cm³/mol. The van der Waals surface area contributed by atoms with Gasteiger partial charge in [0.05, 0.1) is 11.9 Å². The molecule has 1 saturated heterocycles. The number of carbonyl (C=O) groups is 2. The Morgan fingerprint density at radius 1 is 1.47 bits per heavy atom. The van der Waals surface area contributed by atoms with Gasteiger partial charge in [-0.25, -0.2) is 0 Å². The van der Waals surface area contributed by atoms with E-state index in [0.717, 1.165) is 0 Å². The van der Waals surface area contributed by atoms with Gasteiger partial charge in [0.2, 0.25) is 11.8 Å². The molecule has 0 saturated carbocycles. The molecule has 0 spiro atoms. The second kappa shape index (κ2) is 4.99. The number of hydrogen-bond donors (Lipinski definition) is 2. The number of pyridine rings is 1. The minimum atomic E-state index is -0.639. The Labute approximate surface area is 112 Å². The van der Waals surface area contributed by atoms with Crippen molar-refractivity contribution in [2.24, 2.45) is 17.3 Å². The molecule has 1 fully saturated rings. The molecule has 1 aliphatic heterocycles. The fourth-order valence-electron chi connectivity index (χ4n) is 2.39. The summed E-state index contributed by atoms with van der Waals surface area (Å²) in [5.41, 5.74) is 0.510. The third kappa shape index (κ3) is 2.92. The van der Waals surface area contributed by atoms with Gasteiger partial charge in [-0.05, 0) is 17.5 Å². The summed E-state index contributed by atoms with van der Waals surface area (Å²) in [5.74, 6) is -1.10. The molecule has 2 N–H and O–H groups in total. The fraction of sp³-hybridized carbons (Fsp3) is 0.500. The molecule has 2 heterocycles. The van der Waals surface area contributed by atoms with Crippen LogP contribution in [-0.4, -0.2) is 23.3 Å². The Morgan fingerprint density at radius 3 is 2.79 bits per heavy atom. The first kappa shape index (κ1) is 13.5. The lowest BCUT2D eigenvalue weighted by molar-refractivity contribution is -0.132. The molecule has 0 unspecified atom stereocenters. The van der Waals surface area contributed by atoms with E-state index < -0.39 is 5.92 Å². The van der Waals surface area contributed by atoms with Gasteiger partial charge in [0.1, 0.15) is 5.92 Å². The summed E-state index contributed by atoms with van der Waals surface area (Å²) in [6.07, 6.45) is 3.20. The van der Waals surface area contributed by atoms with Gasteiger partial charge in [-0.3, -0.25) is 14.6 Å². The van der Waals surface area contributed by atoms with Crippen molar-refractivity contribution in [3.05, 3.63) is 24.5 Å². The molecule has 1 aromatic heterocycles. The van der Waals surface area contributed by atoms with Crippen molar-refractivity contribution in [2.75, 3.05) is 11.9 Å². The van der Waals surface area contributed by atoms with Gasteiger partial charge in [0.25, 0.3) is 0 Å². The number of amides is 2. The molecule has 102 valence electrons. The maximum atomic E-state index is 12.3. The highest BCUT2D eigenvalue weighted by Gasteiger charge is 2.45. The molecule has 0 radical (unpaired) electrons. The molecular weight excluding hydrogens is 242 g/mol. The summed E-state index contributed by atoms with van der Waals surface area (Å²) in [6.45, 7) is 6.68. The largest absolute Gasteiger partial charge is 0.355 e. The summed E-state index contributed by atoms with van der Waals surface area (Å²) in [5, 5.41) is 5.53. The summed E-state index contributed by atoms with van der Waals surface area (Å²) in [7, 11) is 0. The van der Waals surface area contributed by atoms with Crippen molar-refractivity contribution >= 4 is 17.5 Å². The zero-order valence-electron chi connectivity index (χ0n) is 11.4. The second-order valence-corrected chi connectivity index (χ2v) is 5.93. The highest BCUT2D eigenvalue weighted by atomic mass is 16.2. The SMILES string of the molecule is CC(C)(C)[C@@H]1CNC(=O)[C@@H]1C(=O)Nc1cccnc1. The Bertz CT molecular complexity index is 479. The number of anilines is 1. The number of nitrogens with one attached hydrogen (secondary N) is 2. The first-order chi connectivity index (χ1) is 8.89. The molecule has 2 atom stereocenters. The van der Waals surface area contributed by atoms with Crippen LogP contribution in [0.5, 0.6) is 0 Å². The molecule has 19 heavy (non-hydrogen) atoms. The first-order valence-corrected chi connectivity index (χ1v) is 6.38. The van der Waals surface area contributed by atoms with E-state index in [-0.39, 0.29) is 23.1 Å².